The van der Waals surface area contributed by atoms with E-state index in [1.165, 1.54) is 32.4 Å². The van der Waals surface area contributed by atoms with Crippen molar-refractivity contribution in [1.29, 1.82) is 0 Å². The fourth-order valence-corrected chi connectivity index (χ4v) is 1.98. The summed E-state index contributed by atoms with van der Waals surface area (Å²) in [6, 6.07) is 7.94. The second-order valence-electron chi connectivity index (χ2n) is 4.87. The summed E-state index contributed by atoms with van der Waals surface area (Å²) in [6.45, 7) is 0.165. The van der Waals surface area contributed by atoms with Crippen LogP contribution in [0.5, 0.6) is 0 Å². The summed E-state index contributed by atoms with van der Waals surface area (Å²) in [5, 5.41) is 0. The normalized spacial score (nSPS) is 12.3. The molecule has 0 unspecified atom stereocenters. The smallest absolute Gasteiger partial charge is 0.416 e. The lowest BCUT2D eigenvalue weighted by atomic mass is 10.1. The molecule has 2 aromatic rings. The zero-order valence-electron chi connectivity index (χ0n) is 13.5. The fraction of sp³-hybridized carbons (Fsp3) is 0.312. The lowest BCUT2D eigenvalue weighted by molar-refractivity contribution is -0.137. The standard InChI is InChI=1S/C16H17F3N2O3.ClH/c1-22-14(23-2)9-21-15(20)13-7-6-12(24-13)10-4-3-5-11(8-10)16(17,18)19;/h3-8,14H,9H2,1-2H3,(H2,20,21);1H. The Kier molecular flexibility index (Phi) is 7.47. The van der Waals surface area contributed by atoms with Crippen molar-refractivity contribution in [3.63, 3.8) is 0 Å². The first kappa shape index (κ1) is 21.0. The van der Waals surface area contributed by atoms with E-state index in [1.807, 2.05) is 0 Å². The highest BCUT2D eigenvalue weighted by Crippen LogP contribution is 2.32. The Labute approximate surface area is 149 Å². The number of benzene rings is 1. The first-order chi connectivity index (χ1) is 11.3. The van der Waals surface area contributed by atoms with E-state index in [0.717, 1.165) is 12.1 Å². The zero-order valence-corrected chi connectivity index (χ0v) is 14.4. The number of methoxy groups -OCH3 is 2. The summed E-state index contributed by atoms with van der Waals surface area (Å²) in [7, 11) is 2.94. The number of aliphatic imine (C=N–C) groups is 1. The number of furan rings is 1. The van der Waals surface area contributed by atoms with Crippen LogP contribution in [0.2, 0.25) is 0 Å². The minimum absolute atomic E-state index is 0. The maximum absolute atomic E-state index is 12.8. The minimum atomic E-state index is -4.42. The number of hydrogen-bond donors (Lipinski definition) is 1. The molecule has 0 saturated carbocycles. The second-order valence-corrected chi connectivity index (χ2v) is 4.87. The first-order valence-corrected chi connectivity index (χ1v) is 6.98. The first-order valence-electron chi connectivity index (χ1n) is 6.98. The van der Waals surface area contributed by atoms with Crippen LogP contribution in [0.15, 0.2) is 45.8 Å². The Bertz CT molecular complexity index is 713. The van der Waals surface area contributed by atoms with Crippen LogP contribution in [0.1, 0.15) is 11.3 Å². The van der Waals surface area contributed by atoms with Crippen LogP contribution < -0.4 is 5.73 Å². The van der Waals surface area contributed by atoms with Gasteiger partial charge in [0.15, 0.2) is 17.9 Å². The van der Waals surface area contributed by atoms with Gasteiger partial charge in [0.2, 0.25) is 0 Å². The molecule has 0 aliphatic carbocycles. The van der Waals surface area contributed by atoms with Crippen LogP contribution in [-0.2, 0) is 15.7 Å². The van der Waals surface area contributed by atoms with Crippen LogP contribution in [0.25, 0.3) is 11.3 Å². The van der Waals surface area contributed by atoms with Crippen LogP contribution >= 0.6 is 12.4 Å². The highest BCUT2D eigenvalue weighted by atomic mass is 35.5. The third-order valence-electron chi connectivity index (χ3n) is 3.27. The average Bonchev–Trinajstić information content (AvgIpc) is 3.05. The molecule has 2 N–H and O–H groups in total. The predicted molar refractivity (Wildman–Crippen MR) is 89.8 cm³/mol. The largest absolute Gasteiger partial charge is 0.453 e. The van der Waals surface area contributed by atoms with Crippen LogP contribution in [0.4, 0.5) is 13.2 Å². The molecule has 1 aromatic heterocycles. The number of hydrogen-bond acceptors (Lipinski definition) is 4. The van der Waals surface area contributed by atoms with Gasteiger partial charge in [-0.15, -0.1) is 12.4 Å². The SMILES string of the molecule is COC(CN=C(N)c1ccc(-c2cccc(C(F)(F)F)c2)o1)OC.Cl. The molecule has 0 aliphatic rings. The topological polar surface area (TPSA) is 70.0 Å². The van der Waals surface area contributed by atoms with E-state index in [0.29, 0.717) is 5.56 Å². The molecule has 0 amide bonds. The van der Waals surface area contributed by atoms with Gasteiger partial charge in [-0.2, -0.15) is 13.2 Å². The van der Waals surface area contributed by atoms with Gasteiger partial charge >= 0.3 is 6.18 Å². The summed E-state index contributed by atoms with van der Waals surface area (Å²) < 4.78 is 53.8. The number of amidine groups is 1. The summed E-state index contributed by atoms with van der Waals surface area (Å²) in [5.41, 5.74) is 5.36. The average molecular weight is 379 g/mol. The van der Waals surface area contributed by atoms with E-state index in [4.69, 9.17) is 19.6 Å². The molecule has 1 aromatic carbocycles. The maximum atomic E-state index is 12.8. The Hall–Kier alpha value is -2.03. The number of ether oxygens (including phenoxy) is 2. The number of alkyl halides is 3. The molecule has 2 rings (SSSR count). The second kappa shape index (κ2) is 8.89. The highest BCUT2D eigenvalue weighted by Gasteiger charge is 2.30. The molecule has 0 saturated heterocycles. The monoisotopic (exact) mass is 378 g/mol. The molecule has 0 atom stereocenters. The van der Waals surface area contributed by atoms with E-state index in [1.54, 1.807) is 6.07 Å². The maximum Gasteiger partial charge on any atom is 0.416 e. The van der Waals surface area contributed by atoms with Crippen molar-refractivity contribution >= 4 is 18.2 Å². The van der Waals surface area contributed by atoms with Crippen LogP contribution in [-0.4, -0.2) is 32.9 Å². The molecule has 5 nitrogen and oxygen atoms in total. The van der Waals surface area contributed by atoms with E-state index in [9.17, 15) is 13.2 Å². The number of nitrogens with two attached hydrogens (primary N) is 1. The fourth-order valence-electron chi connectivity index (χ4n) is 1.98. The van der Waals surface area contributed by atoms with Gasteiger partial charge < -0.3 is 19.6 Å². The zero-order chi connectivity index (χ0) is 17.7. The van der Waals surface area contributed by atoms with Crippen LogP contribution in [0, 0.1) is 0 Å². The van der Waals surface area contributed by atoms with Gasteiger partial charge in [-0.05, 0) is 24.3 Å². The van der Waals surface area contributed by atoms with E-state index in [2.05, 4.69) is 4.99 Å². The van der Waals surface area contributed by atoms with Gasteiger partial charge in [0.05, 0.1) is 12.1 Å². The minimum Gasteiger partial charge on any atom is -0.453 e. The van der Waals surface area contributed by atoms with Gasteiger partial charge in [0, 0.05) is 19.8 Å². The molecule has 0 aliphatic heterocycles. The molecule has 0 spiro atoms. The lowest BCUT2D eigenvalue weighted by Gasteiger charge is -2.10. The molecule has 9 heteroatoms. The van der Waals surface area contributed by atoms with Gasteiger partial charge in [-0.25, -0.2) is 0 Å². The van der Waals surface area contributed by atoms with Crippen molar-refractivity contribution in [3.8, 4) is 11.3 Å². The Morgan fingerprint density at radius 3 is 2.48 bits per heavy atom. The summed E-state index contributed by atoms with van der Waals surface area (Å²) in [6.07, 6.45) is -4.96. The number of halogens is 4. The Morgan fingerprint density at radius 2 is 1.88 bits per heavy atom. The van der Waals surface area contributed by atoms with Crippen LogP contribution in [0.3, 0.4) is 0 Å². The van der Waals surface area contributed by atoms with Crippen molar-refractivity contribution < 1.29 is 27.1 Å². The molecule has 0 fully saturated rings. The summed E-state index contributed by atoms with van der Waals surface area (Å²) >= 11 is 0. The number of nitrogens with zero attached hydrogens (tertiary/aromatic N) is 1. The van der Waals surface area contributed by atoms with Gasteiger partial charge in [0.1, 0.15) is 5.76 Å². The van der Waals surface area contributed by atoms with E-state index >= 15 is 0 Å². The third kappa shape index (κ3) is 5.48. The molecule has 0 radical (unpaired) electrons. The van der Waals surface area contributed by atoms with Crippen molar-refractivity contribution in [2.45, 2.75) is 12.5 Å². The summed E-state index contributed by atoms with van der Waals surface area (Å²) in [4.78, 5) is 4.07. The molecule has 25 heavy (non-hydrogen) atoms. The summed E-state index contributed by atoms with van der Waals surface area (Å²) in [5.74, 6) is 0.630. The predicted octanol–water partition coefficient (Wildman–Crippen LogP) is 3.71. The van der Waals surface area contributed by atoms with Crippen molar-refractivity contribution in [1.82, 2.24) is 0 Å². The third-order valence-corrected chi connectivity index (χ3v) is 3.27. The van der Waals surface area contributed by atoms with E-state index in [-0.39, 0.29) is 36.3 Å². The lowest BCUT2D eigenvalue weighted by Crippen LogP contribution is -2.20. The highest BCUT2D eigenvalue weighted by molar-refractivity contribution is 5.95. The van der Waals surface area contributed by atoms with Crippen molar-refractivity contribution in [2.24, 2.45) is 10.7 Å². The number of rotatable bonds is 6. The van der Waals surface area contributed by atoms with E-state index < -0.39 is 18.0 Å². The molecule has 138 valence electrons. The quantitative estimate of drug-likeness (QED) is 0.472. The molecular weight excluding hydrogens is 361 g/mol. The van der Waals surface area contributed by atoms with Gasteiger partial charge in [-0.1, -0.05) is 12.1 Å². The Balaban J connectivity index is 0.00000312. The van der Waals surface area contributed by atoms with Crippen molar-refractivity contribution in [3.05, 3.63) is 47.7 Å². The van der Waals surface area contributed by atoms with Gasteiger partial charge in [-0.3, -0.25) is 4.99 Å². The molecule has 1 heterocycles. The van der Waals surface area contributed by atoms with Crippen molar-refractivity contribution in [2.75, 3.05) is 20.8 Å². The van der Waals surface area contributed by atoms with Gasteiger partial charge in [0.25, 0.3) is 0 Å². The Morgan fingerprint density at radius 1 is 1.20 bits per heavy atom. The molecule has 0 bridgehead atoms. The molecular formula is C16H18ClF3N2O3.